The Balaban J connectivity index is 2.31. The Hall–Kier alpha value is -1.20. The van der Waals surface area contributed by atoms with Gasteiger partial charge in [0, 0.05) is 25.3 Å². The average Bonchev–Trinajstić information content (AvgIpc) is 2.64. The van der Waals surface area contributed by atoms with Crippen molar-refractivity contribution < 1.29 is 0 Å². The lowest BCUT2D eigenvalue weighted by molar-refractivity contribution is 0.263. The third-order valence-corrected chi connectivity index (χ3v) is 3.75. The van der Waals surface area contributed by atoms with Gasteiger partial charge in [0.2, 0.25) is 0 Å². The molecule has 0 atom stereocenters. The van der Waals surface area contributed by atoms with E-state index in [0.717, 1.165) is 29.0 Å². The van der Waals surface area contributed by atoms with Gasteiger partial charge in [0.1, 0.15) is 0 Å². The number of hydrogen-bond acceptors (Lipinski definition) is 3. The normalized spacial score (nSPS) is 11.9. The van der Waals surface area contributed by atoms with Crippen LogP contribution in [0.2, 0.25) is 0 Å². The van der Waals surface area contributed by atoms with Crippen LogP contribution >= 0.6 is 12.2 Å². The Kier molecular flexibility index (Phi) is 3.82. The van der Waals surface area contributed by atoms with Crippen LogP contribution in [0.4, 0.5) is 0 Å². The summed E-state index contributed by atoms with van der Waals surface area (Å²) in [6.07, 6.45) is 1.84. The van der Waals surface area contributed by atoms with E-state index in [4.69, 9.17) is 12.2 Å². The number of pyridine rings is 1. The number of fused-ring (bicyclic) bond motifs is 1. The van der Waals surface area contributed by atoms with Crippen molar-refractivity contribution >= 4 is 23.4 Å². The lowest BCUT2D eigenvalue weighted by Crippen LogP contribution is -2.29. The summed E-state index contributed by atoms with van der Waals surface area (Å²) in [7, 11) is 2.13. The first-order chi connectivity index (χ1) is 8.50. The molecule has 0 aliphatic heterocycles. The van der Waals surface area contributed by atoms with Crippen molar-refractivity contribution in [1.29, 1.82) is 0 Å². The van der Waals surface area contributed by atoms with E-state index in [2.05, 4.69) is 47.3 Å². The minimum absolute atomic E-state index is 0.541. The summed E-state index contributed by atoms with van der Waals surface area (Å²) in [6, 6.07) is 2.54. The molecule has 0 aromatic carbocycles. The molecule has 0 aliphatic carbocycles. The molecule has 0 saturated heterocycles. The lowest BCUT2D eigenvalue weighted by atomic mass is 10.3. The van der Waals surface area contributed by atoms with E-state index in [-0.39, 0.29) is 0 Å². The van der Waals surface area contributed by atoms with Crippen molar-refractivity contribution in [3.63, 3.8) is 0 Å². The van der Waals surface area contributed by atoms with Crippen LogP contribution in [0.1, 0.15) is 19.4 Å². The molecule has 0 spiro atoms. The minimum atomic E-state index is 0.541. The monoisotopic (exact) mass is 264 g/mol. The van der Waals surface area contributed by atoms with Crippen molar-refractivity contribution in [2.24, 2.45) is 0 Å². The number of aromatic nitrogens is 3. The van der Waals surface area contributed by atoms with E-state index in [1.165, 1.54) is 5.56 Å². The number of imidazole rings is 1. The van der Waals surface area contributed by atoms with E-state index < -0.39 is 0 Å². The number of aryl methyl sites for hydroxylation is 1. The number of likely N-dealkylation sites (N-methyl/N-ethyl adjacent to an activating group) is 1. The minimum Gasteiger partial charge on any atom is -0.329 e. The summed E-state index contributed by atoms with van der Waals surface area (Å²) in [4.78, 5) is 9.98. The molecule has 98 valence electrons. The summed E-state index contributed by atoms with van der Waals surface area (Å²) in [5.74, 6) is 0. The van der Waals surface area contributed by atoms with Crippen LogP contribution in [0, 0.1) is 11.7 Å². The third kappa shape index (κ3) is 2.47. The molecule has 18 heavy (non-hydrogen) atoms. The Morgan fingerprint density at radius 2 is 2.22 bits per heavy atom. The van der Waals surface area contributed by atoms with Gasteiger partial charge >= 0.3 is 0 Å². The van der Waals surface area contributed by atoms with Crippen molar-refractivity contribution in [3.05, 3.63) is 22.6 Å². The molecule has 0 aliphatic rings. The van der Waals surface area contributed by atoms with Crippen molar-refractivity contribution in [3.8, 4) is 0 Å². The molecule has 0 unspecified atom stereocenters. The smallest absolute Gasteiger partial charge is 0.179 e. The Labute approximate surface area is 113 Å². The van der Waals surface area contributed by atoms with Gasteiger partial charge in [-0.25, -0.2) is 4.98 Å². The predicted octanol–water partition coefficient (Wildman–Crippen LogP) is 2.74. The number of rotatable bonds is 4. The number of hydrogen-bond donors (Lipinski definition) is 1. The number of nitrogens with one attached hydrogen (secondary N) is 1. The van der Waals surface area contributed by atoms with E-state index in [1.807, 2.05) is 12.3 Å². The first kappa shape index (κ1) is 13.2. The summed E-state index contributed by atoms with van der Waals surface area (Å²) in [5.41, 5.74) is 3.19. The van der Waals surface area contributed by atoms with Crippen LogP contribution in [0.5, 0.6) is 0 Å². The molecular weight excluding hydrogens is 244 g/mol. The number of nitrogens with zero attached hydrogens (tertiary/aromatic N) is 3. The molecule has 2 aromatic heterocycles. The molecule has 4 nitrogen and oxygen atoms in total. The molecule has 0 bridgehead atoms. The van der Waals surface area contributed by atoms with E-state index in [9.17, 15) is 0 Å². The van der Waals surface area contributed by atoms with Gasteiger partial charge in [0.15, 0.2) is 10.4 Å². The summed E-state index contributed by atoms with van der Waals surface area (Å²) < 4.78 is 2.83. The zero-order valence-corrected chi connectivity index (χ0v) is 12.2. The van der Waals surface area contributed by atoms with Crippen LogP contribution in [-0.2, 0) is 6.54 Å². The number of aromatic amines is 1. The van der Waals surface area contributed by atoms with Gasteiger partial charge in [0.25, 0.3) is 0 Å². The van der Waals surface area contributed by atoms with E-state index in [1.54, 1.807) is 0 Å². The van der Waals surface area contributed by atoms with Crippen molar-refractivity contribution in [1.82, 2.24) is 19.4 Å². The second-order valence-corrected chi connectivity index (χ2v) is 5.37. The van der Waals surface area contributed by atoms with Gasteiger partial charge in [0.05, 0.1) is 5.52 Å². The highest BCUT2D eigenvalue weighted by Gasteiger charge is 2.09. The number of H-pyrrole nitrogens is 1. The van der Waals surface area contributed by atoms with Crippen LogP contribution < -0.4 is 0 Å². The zero-order chi connectivity index (χ0) is 13.3. The topological polar surface area (TPSA) is 36.9 Å². The van der Waals surface area contributed by atoms with E-state index >= 15 is 0 Å². The van der Waals surface area contributed by atoms with Gasteiger partial charge in [-0.2, -0.15) is 0 Å². The Morgan fingerprint density at radius 1 is 1.50 bits per heavy atom. The molecule has 1 N–H and O–H groups in total. The van der Waals surface area contributed by atoms with E-state index in [0.29, 0.717) is 6.04 Å². The quantitative estimate of drug-likeness (QED) is 0.863. The molecule has 0 saturated carbocycles. The van der Waals surface area contributed by atoms with Gasteiger partial charge < -0.3 is 14.5 Å². The molecule has 2 heterocycles. The fourth-order valence-electron chi connectivity index (χ4n) is 1.90. The van der Waals surface area contributed by atoms with Crippen LogP contribution in [0.3, 0.4) is 0 Å². The molecule has 2 aromatic rings. The maximum Gasteiger partial charge on any atom is 0.179 e. The Bertz CT molecular complexity index is 597. The first-order valence-corrected chi connectivity index (χ1v) is 6.66. The summed E-state index contributed by atoms with van der Waals surface area (Å²) in [5, 5.41) is 0. The van der Waals surface area contributed by atoms with Crippen LogP contribution in [0.25, 0.3) is 11.2 Å². The maximum absolute atomic E-state index is 5.38. The second-order valence-electron chi connectivity index (χ2n) is 4.98. The highest BCUT2D eigenvalue weighted by atomic mass is 32.1. The summed E-state index contributed by atoms with van der Waals surface area (Å²) in [6.45, 7) is 8.28. The first-order valence-electron chi connectivity index (χ1n) is 6.25. The Morgan fingerprint density at radius 3 is 2.89 bits per heavy atom. The predicted molar refractivity (Wildman–Crippen MR) is 77.4 cm³/mol. The lowest BCUT2D eigenvalue weighted by Gasteiger charge is -2.20. The van der Waals surface area contributed by atoms with Gasteiger partial charge in [-0.15, -0.1) is 0 Å². The average molecular weight is 264 g/mol. The third-order valence-electron chi connectivity index (χ3n) is 3.43. The molecular formula is C13H20N4S. The molecule has 0 amide bonds. The fraction of sp³-hybridized carbons (Fsp3) is 0.538. The molecule has 0 fully saturated rings. The van der Waals surface area contributed by atoms with Gasteiger partial charge in [-0.05, 0) is 51.7 Å². The molecule has 2 rings (SSSR count). The summed E-state index contributed by atoms with van der Waals surface area (Å²) >= 11 is 5.38. The largest absolute Gasteiger partial charge is 0.329 e. The standard InChI is InChI=1S/C13H20N4S/c1-9(2)16(4)7-8-17-12-11(15-13(17)18)10(3)5-6-14-12/h5-6,9H,7-8H2,1-4H3,(H,15,18). The fourth-order valence-corrected chi connectivity index (χ4v) is 2.18. The van der Waals surface area contributed by atoms with Crippen molar-refractivity contribution in [2.45, 2.75) is 33.4 Å². The van der Waals surface area contributed by atoms with Gasteiger partial charge in [-0.3, -0.25) is 0 Å². The second kappa shape index (κ2) is 5.20. The zero-order valence-electron chi connectivity index (χ0n) is 11.4. The van der Waals surface area contributed by atoms with Crippen molar-refractivity contribution in [2.75, 3.05) is 13.6 Å². The van der Waals surface area contributed by atoms with Gasteiger partial charge in [-0.1, -0.05) is 0 Å². The molecule has 0 radical (unpaired) electrons. The van der Waals surface area contributed by atoms with Crippen LogP contribution in [-0.4, -0.2) is 39.1 Å². The highest BCUT2D eigenvalue weighted by Crippen LogP contribution is 2.15. The SMILES string of the molecule is Cc1ccnc2c1[nH]c(=S)n2CCN(C)C(C)C. The molecule has 5 heteroatoms. The maximum atomic E-state index is 5.38. The van der Waals surface area contributed by atoms with Crippen LogP contribution in [0.15, 0.2) is 12.3 Å². The highest BCUT2D eigenvalue weighted by molar-refractivity contribution is 7.71.